The van der Waals surface area contributed by atoms with Crippen LogP contribution in [0.4, 0.5) is 0 Å². The summed E-state index contributed by atoms with van der Waals surface area (Å²) in [4.78, 5) is 10.6. The maximum Gasteiger partial charge on any atom is 0.170 e. The van der Waals surface area contributed by atoms with Crippen molar-refractivity contribution >= 4 is 6.29 Å². The molecule has 0 amide bonds. The third kappa shape index (κ3) is 0.956. The van der Waals surface area contributed by atoms with E-state index in [0.29, 0.717) is 5.69 Å². The van der Waals surface area contributed by atoms with Crippen molar-refractivity contribution in [2.24, 2.45) is 7.05 Å². The minimum Gasteiger partial charge on any atom is -0.312 e. The van der Waals surface area contributed by atoms with Gasteiger partial charge >= 0.3 is 0 Å². The second-order valence-electron chi connectivity index (χ2n) is 2.98. The van der Waals surface area contributed by atoms with Crippen LogP contribution in [0.1, 0.15) is 21.7 Å². The number of fused-ring (bicyclic) bond motifs is 1. The molecule has 2 heterocycles. The summed E-state index contributed by atoms with van der Waals surface area (Å²) in [6.45, 7) is 1.75. The summed E-state index contributed by atoms with van der Waals surface area (Å²) in [5.41, 5.74) is 2.84. The Hall–Kier alpha value is -1.16. The summed E-state index contributed by atoms with van der Waals surface area (Å²) < 4.78 is 1.81. The first-order chi connectivity index (χ1) is 5.83. The molecule has 0 saturated heterocycles. The third-order valence-corrected chi connectivity index (χ3v) is 2.26. The number of aldehydes is 1. The van der Waals surface area contributed by atoms with Crippen LogP contribution in [0.15, 0.2) is 0 Å². The predicted octanol–water partition coefficient (Wildman–Crippen LogP) is -0.122. The van der Waals surface area contributed by atoms with Gasteiger partial charge in [-0.2, -0.15) is 5.10 Å². The molecule has 0 aromatic carbocycles. The highest BCUT2D eigenvalue weighted by atomic mass is 16.1. The monoisotopic (exact) mass is 165 g/mol. The quantitative estimate of drug-likeness (QED) is 0.590. The zero-order valence-electron chi connectivity index (χ0n) is 7.00. The molecule has 0 radical (unpaired) electrons. The van der Waals surface area contributed by atoms with E-state index >= 15 is 0 Å². The number of nitrogens with zero attached hydrogens (tertiary/aromatic N) is 2. The van der Waals surface area contributed by atoms with E-state index in [2.05, 4.69) is 10.4 Å². The van der Waals surface area contributed by atoms with Gasteiger partial charge in [-0.3, -0.25) is 9.48 Å². The molecule has 12 heavy (non-hydrogen) atoms. The van der Waals surface area contributed by atoms with Crippen LogP contribution >= 0.6 is 0 Å². The molecule has 1 aliphatic heterocycles. The largest absolute Gasteiger partial charge is 0.312 e. The summed E-state index contributed by atoms with van der Waals surface area (Å²) in [6, 6.07) is 0. The van der Waals surface area contributed by atoms with E-state index < -0.39 is 0 Å². The van der Waals surface area contributed by atoms with Gasteiger partial charge in [0.2, 0.25) is 0 Å². The molecule has 0 spiro atoms. The lowest BCUT2D eigenvalue weighted by molar-refractivity contribution is 0.111. The molecule has 0 aliphatic carbocycles. The standard InChI is InChI=1S/C8H11N3O/c1-11-8-2-3-9-4-6(8)7(5-12)10-11/h5,9H,2-4H2,1H3. The van der Waals surface area contributed by atoms with Gasteiger partial charge in [0.05, 0.1) is 0 Å². The number of hydrogen-bond acceptors (Lipinski definition) is 3. The minimum absolute atomic E-state index is 0.583. The zero-order chi connectivity index (χ0) is 8.55. The van der Waals surface area contributed by atoms with E-state index in [1.54, 1.807) is 4.68 Å². The highest BCUT2D eigenvalue weighted by Gasteiger charge is 2.17. The lowest BCUT2D eigenvalue weighted by Crippen LogP contribution is -2.24. The van der Waals surface area contributed by atoms with Gasteiger partial charge in [-0.25, -0.2) is 0 Å². The van der Waals surface area contributed by atoms with Crippen LogP contribution in [-0.4, -0.2) is 22.6 Å². The SMILES string of the molecule is Cn1nc(C=O)c2c1CCNC2. The van der Waals surface area contributed by atoms with Gasteiger partial charge in [-0.15, -0.1) is 0 Å². The Balaban J connectivity index is 2.53. The molecule has 0 saturated carbocycles. The molecule has 0 fully saturated rings. The predicted molar refractivity (Wildman–Crippen MR) is 44.0 cm³/mol. The van der Waals surface area contributed by atoms with Crippen LogP contribution < -0.4 is 5.32 Å². The molecule has 64 valence electrons. The molecule has 0 bridgehead atoms. The topological polar surface area (TPSA) is 46.9 Å². The molecular weight excluding hydrogens is 154 g/mol. The van der Waals surface area contributed by atoms with Gasteiger partial charge in [0.25, 0.3) is 0 Å². The zero-order valence-corrected chi connectivity index (χ0v) is 7.00. The average molecular weight is 165 g/mol. The Morgan fingerprint density at radius 2 is 2.50 bits per heavy atom. The number of rotatable bonds is 1. The number of nitrogens with one attached hydrogen (secondary N) is 1. The molecule has 2 rings (SSSR count). The average Bonchev–Trinajstić information content (AvgIpc) is 2.44. The Bertz CT molecular complexity index is 316. The van der Waals surface area contributed by atoms with Crippen LogP contribution in [-0.2, 0) is 20.0 Å². The van der Waals surface area contributed by atoms with E-state index in [0.717, 1.165) is 31.4 Å². The highest BCUT2D eigenvalue weighted by molar-refractivity contribution is 5.74. The first-order valence-electron chi connectivity index (χ1n) is 4.03. The van der Waals surface area contributed by atoms with Crippen LogP contribution in [0.5, 0.6) is 0 Å². The Morgan fingerprint density at radius 3 is 3.25 bits per heavy atom. The van der Waals surface area contributed by atoms with Crippen molar-refractivity contribution in [3.05, 3.63) is 17.0 Å². The Morgan fingerprint density at radius 1 is 1.67 bits per heavy atom. The molecule has 4 nitrogen and oxygen atoms in total. The van der Waals surface area contributed by atoms with Gasteiger partial charge in [0.1, 0.15) is 5.69 Å². The maximum absolute atomic E-state index is 10.6. The van der Waals surface area contributed by atoms with Crippen molar-refractivity contribution in [2.45, 2.75) is 13.0 Å². The van der Waals surface area contributed by atoms with E-state index in [1.807, 2.05) is 7.05 Å². The Kier molecular flexibility index (Phi) is 1.69. The van der Waals surface area contributed by atoms with Crippen LogP contribution in [0, 0.1) is 0 Å². The van der Waals surface area contributed by atoms with E-state index in [9.17, 15) is 4.79 Å². The van der Waals surface area contributed by atoms with Gasteiger partial charge in [-0.1, -0.05) is 0 Å². The summed E-state index contributed by atoms with van der Waals surface area (Å²) in [7, 11) is 1.89. The molecule has 1 N–H and O–H groups in total. The summed E-state index contributed by atoms with van der Waals surface area (Å²) in [5.74, 6) is 0. The van der Waals surface area contributed by atoms with Crippen LogP contribution in [0.2, 0.25) is 0 Å². The van der Waals surface area contributed by atoms with Crippen molar-refractivity contribution in [1.29, 1.82) is 0 Å². The van der Waals surface area contributed by atoms with Crippen molar-refractivity contribution in [3.63, 3.8) is 0 Å². The second kappa shape index (κ2) is 2.71. The number of carbonyl (C=O) groups is 1. The second-order valence-corrected chi connectivity index (χ2v) is 2.98. The number of carbonyl (C=O) groups excluding carboxylic acids is 1. The molecule has 0 atom stereocenters. The fourth-order valence-electron chi connectivity index (χ4n) is 1.65. The van der Waals surface area contributed by atoms with E-state index in [4.69, 9.17) is 0 Å². The van der Waals surface area contributed by atoms with Crippen molar-refractivity contribution in [3.8, 4) is 0 Å². The molecule has 1 aliphatic rings. The van der Waals surface area contributed by atoms with Crippen molar-refractivity contribution in [1.82, 2.24) is 15.1 Å². The van der Waals surface area contributed by atoms with Crippen LogP contribution in [0.3, 0.4) is 0 Å². The Labute approximate surface area is 70.6 Å². The first-order valence-corrected chi connectivity index (χ1v) is 4.03. The number of aryl methyl sites for hydroxylation is 1. The molecule has 4 heteroatoms. The number of hydrogen-bond donors (Lipinski definition) is 1. The molecule has 0 unspecified atom stereocenters. The summed E-state index contributed by atoms with van der Waals surface area (Å²) in [6.07, 6.45) is 1.79. The smallest absolute Gasteiger partial charge is 0.170 e. The third-order valence-electron chi connectivity index (χ3n) is 2.26. The lowest BCUT2D eigenvalue weighted by atomic mass is 10.1. The number of aromatic nitrogens is 2. The van der Waals surface area contributed by atoms with Gasteiger partial charge in [0.15, 0.2) is 6.29 Å². The van der Waals surface area contributed by atoms with E-state index in [1.165, 1.54) is 5.69 Å². The van der Waals surface area contributed by atoms with Gasteiger partial charge in [0, 0.05) is 37.8 Å². The lowest BCUT2D eigenvalue weighted by Gasteiger charge is -2.13. The summed E-state index contributed by atoms with van der Waals surface area (Å²) in [5, 5.41) is 7.34. The maximum atomic E-state index is 10.6. The van der Waals surface area contributed by atoms with Gasteiger partial charge in [-0.05, 0) is 0 Å². The summed E-state index contributed by atoms with van der Waals surface area (Å²) >= 11 is 0. The van der Waals surface area contributed by atoms with E-state index in [-0.39, 0.29) is 0 Å². The molecule has 1 aromatic heterocycles. The minimum atomic E-state index is 0.583. The normalized spacial score (nSPS) is 15.8. The van der Waals surface area contributed by atoms with Crippen molar-refractivity contribution in [2.75, 3.05) is 6.54 Å². The molecule has 1 aromatic rings. The highest BCUT2D eigenvalue weighted by Crippen LogP contribution is 2.15. The fourth-order valence-corrected chi connectivity index (χ4v) is 1.65. The molecular formula is C8H11N3O. The first kappa shape index (κ1) is 7.49. The van der Waals surface area contributed by atoms with Crippen LogP contribution in [0.25, 0.3) is 0 Å². The fraction of sp³-hybridized carbons (Fsp3) is 0.500. The van der Waals surface area contributed by atoms with Gasteiger partial charge < -0.3 is 5.32 Å². The van der Waals surface area contributed by atoms with Crippen molar-refractivity contribution < 1.29 is 4.79 Å².